The highest BCUT2D eigenvalue weighted by Crippen LogP contribution is 2.25. The lowest BCUT2D eigenvalue weighted by atomic mass is 9.85. The summed E-state index contributed by atoms with van der Waals surface area (Å²) in [4.78, 5) is 28.9. The average Bonchev–Trinajstić information content (AvgIpc) is 2.89. The van der Waals surface area contributed by atoms with E-state index in [1.165, 1.54) is 4.52 Å². The summed E-state index contributed by atoms with van der Waals surface area (Å²) in [5, 5.41) is 19.0. The molecule has 134 valence electrons. The van der Waals surface area contributed by atoms with Crippen LogP contribution in [0.25, 0.3) is 5.65 Å². The fraction of sp³-hybridized carbons (Fsp3) is 0.467. The van der Waals surface area contributed by atoms with Crippen molar-refractivity contribution in [2.45, 2.75) is 31.8 Å². The van der Waals surface area contributed by atoms with Gasteiger partial charge in [0.15, 0.2) is 5.65 Å². The third kappa shape index (κ3) is 4.18. The number of amides is 2. The van der Waals surface area contributed by atoms with Gasteiger partial charge >= 0.3 is 12.0 Å². The lowest BCUT2D eigenvalue weighted by Crippen LogP contribution is -2.55. The number of aromatic nitrogens is 3. The zero-order chi connectivity index (χ0) is 18.0. The molecule has 1 fully saturated rings. The molecule has 9 nitrogen and oxygen atoms in total. The molecule has 0 atom stereocenters. The molecule has 1 aliphatic rings. The van der Waals surface area contributed by atoms with E-state index in [0.717, 1.165) is 12.8 Å². The zero-order valence-electron chi connectivity index (χ0n) is 13.6. The Morgan fingerprint density at radius 1 is 1.48 bits per heavy atom. The topological polar surface area (TPSA) is 112 Å². The van der Waals surface area contributed by atoms with E-state index in [2.05, 4.69) is 20.7 Å². The SMILES string of the molecule is CCN(CC(=O)O)C1CC(NC(=O)Nc2nc3cc(Cl)ccn3n2)C1. The van der Waals surface area contributed by atoms with E-state index >= 15 is 0 Å². The van der Waals surface area contributed by atoms with Crippen molar-refractivity contribution in [3.05, 3.63) is 23.4 Å². The van der Waals surface area contributed by atoms with Gasteiger partial charge in [-0.1, -0.05) is 18.5 Å². The molecule has 0 aromatic carbocycles. The van der Waals surface area contributed by atoms with Crippen molar-refractivity contribution in [2.75, 3.05) is 18.4 Å². The van der Waals surface area contributed by atoms with Crippen molar-refractivity contribution in [1.29, 1.82) is 0 Å². The van der Waals surface area contributed by atoms with E-state index < -0.39 is 5.97 Å². The average molecular weight is 367 g/mol. The number of halogens is 1. The fourth-order valence-electron chi connectivity index (χ4n) is 2.91. The van der Waals surface area contributed by atoms with Crippen LogP contribution in [0, 0.1) is 0 Å². The first-order valence-electron chi connectivity index (χ1n) is 8.00. The van der Waals surface area contributed by atoms with Gasteiger partial charge in [-0.25, -0.2) is 9.31 Å². The highest BCUT2D eigenvalue weighted by atomic mass is 35.5. The van der Waals surface area contributed by atoms with Crippen LogP contribution in [-0.4, -0.2) is 61.8 Å². The second kappa shape index (κ2) is 7.24. The van der Waals surface area contributed by atoms with E-state index in [1.54, 1.807) is 18.3 Å². The number of carbonyl (C=O) groups excluding carboxylic acids is 1. The number of hydrogen-bond donors (Lipinski definition) is 3. The summed E-state index contributed by atoms with van der Waals surface area (Å²) in [5.74, 6) is -0.647. The van der Waals surface area contributed by atoms with E-state index in [-0.39, 0.29) is 30.6 Å². The lowest BCUT2D eigenvalue weighted by molar-refractivity contribution is -0.139. The molecular formula is C15H19ClN6O3. The molecule has 2 amide bonds. The second-order valence-corrected chi connectivity index (χ2v) is 6.40. The van der Waals surface area contributed by atoms with Crippen LogP contribution < -0.4 is 10.6 Å². The first kappa shape index (κ1) is 17.4. The first-order valence-corrected chi connectivity index (χ1v) is 8.37. The van der Waals surface area contributed by atoms with Crippen LogP contribution in [0.15, 0.2) is 18.3 Å². The molecule has 3 rings (SSSR count). The van der Waals surface area contributed by atoms with E-state index in [1.807, 2.05) is 11.8 Å². The molecule has 0 aliphatic heterocycles. The van der Waals surface area contributed by atoms with Crippen molar-refractivity contribution < 1.29 is 14.7 Å². The molecule has 1 aliphatic carbocycles. The molecule has 0 unspecified atom stereocenters. The van der Waals surface area contributed by atoms with Gasteiger partial charge in [0.2, 0.25) is 0 Å². The molecule has 3 N–H and O–H groups in total. The third-order valence-corrected chi connectivity index (χ3v) is 4.47. The number of nitrogens with zero attached hydrogens (tertiary/aromatic N) is 4. The summed E-state index contributed by atoms with van der Waals surface area (Å²) in [5.41, 5.74) is 0.541. The van der Waals surface area contributed by atoms with Crippen LogP contribution in [0.2, 0.25) is 5.02 Å². The minimum absolute atomic E-state index is 0.0133. The maximum absolute atomic E-state index is 12.0. The van der Waals surface area contributed by atoms with Crippen molar-refractivity contribution in [2.24, 2.45) is 0 Å². The Kier molecular flexibility index (Phi) is 5.05. The number of carbonyl (C=O) groups is 2. The summed E-state index contributed by atoms with van der Waals surface area (Å²) >= 11 is 5.89. The van der Waals surface area contributed by atoms with E-state index in [9.17, 15) is 9.59 Å². The molecule has 1 saturated carbocycles. The molecule has 0 saturated heterocycles. The number of likely N-dealkylation sites (N-methyl/N-ethyl adjacent to an activating group) is 1. The number of fused-ring (bicyclic) bond motifs is 1. The molecule has 2 heterocycles. The summed E-state index contributed by atoms with van der Waals surface area (Å²) in [6.45, 7) is 2.62. The highest BCUT2D eigenvalue weighted by Gasteiger charge is 2.34. The first-order chi connectivity index (χ1) is 11.9. The monoisotopic (exact) mass is 366 g/mol. The molecule has 0 bridgehead atoms. The van der Waals surface area contributed by atoms with Crippen LogP contribution >= 0.6 is 11.6 Å². The summed E-state index contributed by atoms with van der Waals surface area (Å²) in [7, 11) is 0. The molecule has 10 heteroatoms. The fourth-order valence-corrected chi connectivity index (χ4v) is 3.06. The number of carboxylic acid groups (broad SMARTS) is 1. The Morgan fingerprint density at radius 3 is 2.92 bits per heavy atom. The van der Waals surface area contributed by atoms with Crippen LogP contribution in [0.5, 0.6) is 0 Å². The summed E-state index contributed by atoms with van der Waals surface area (Å²) in [6, 6.07) is 3.14. The number of nitrogens with one attached hydrogen (secondary N) is 2. The summed E-state index contributed by atoms with van der Waals surface area (Å²) < 4.78 is 1.52. The maximum atomic E-state index is 12.0. The third-order valence-electron chi connectivity index (χ3n) is 4.23. The van der Waals surface area contributed by atoms with E-state index in [0.29, 0.717) is 17.2 Å². The Balaban J connectivity index is 1.49. The maximum Gasteiger partial charge on any atom is 0.321 e. The van der Waals surface area contributed by atoms with Crippen LogP contribution in [-0.2, 0) is 4.79 Å². The molecule has 0 spiro atoms. The molecule has 0 radical (unpaired) electrons. The second-order valence-electron chi connectivity index (χ2n) is 5.96. The van der Waals surface area contributed by atoms with Gasteiger partial charge in [0.05, 0.1) is 6.54 Å². The molecule has 25 heavy (non-hydrogen) atoms. The van der Waals surface area contributed by atoms with Crippen LogP contribution in [0.1, 0.15) is 19.8 Å². The smallest absolute Gasteiger partial charge is 0.321 e. The normalized spacial score (nSPS) is 19.6. The number of urea groups is 1. The minimum atomic E-state index is -0.839. The predicted octanol–water partition coefficient (Wildman–Crippen LogP) is 1.44. The van der Waals surface area contributed by atoms with Gasteiger partial charge in [-0.2, -0.15) is 4.98 Å². The largest absolute Gasteiger partial charge is 0.480 e. The Bertz CT molecular complexity index is 789. The van der Waals surface area contributed by atoms with Gasteiger partial charge in [-0.05, 0) is 25.5 Å². The van der Waals surface area contributed by atoms with Crippen molar-refractivity contribution in [1.82, 2.24) is 24.8 Å². The van der Waals surface area contributed by atoms with Crippen molar-refractivity contribution in [3.63, 3.8) is 0 Å². The van der Waals surface area contributed by atoms with Gasteiger partial charge < -0.3 is 10.4 Å². The Morgan fingerprint density at radius 2 is 2.24 bits per heavy atom. The van der Waals surface area contributed by atoms with Gasteiger partial charge in [-0.3, -0.25) is 15.0 Å². The Labute approximate surface area is 149 Å². The number of aliphatic carboxylic acids is 1. The van der Waals surface area contributed by atoms with E-state index in [4.69, 9.17) is 16.7 Å². The highest BCUT2D eigenvalue weighted by molar-refractivity contribution is 6.30. The van der Waals surface area contributed by atoms with Gasteiger partial charge in [0.1, 0.15) is 0 Å². The predicted molar refractivity (Wildman–Crippen MR) is 91.8 cm³/mol. The number of anilines is 1. The quantitative estimate of drug-likeness (QED) is 0.713. The van der Waals surface area contributed by atoms with Crippen molar-refractivity contribution >= 4 is 35.2 Å². The molecule has 2 aromatic heterocycles. The molecule has 2 aromatic rings. The zero-order valence-corrected chi connectivity index (χ0v) is 14.4. The minimum Gasteiger partial charge on any atom is -0.480 e. The number of carboxylic acids is 1. The van der Waals surface area contributed by atoms with Crippen LogP contribution in [0.4, 0.5) is 10.7 Å². The number of pyridine rings is 1. The standard InChI is InChI=1S/C15H19ClN6O3/c1-2-21(8-13(23)24)11-6-10(7-11)17-15(25)19-14-18-12-5-9(16)3-4-22(12)20-14/h3-5,10-11H,2,6-8H2,1H3,(H,23,24)(H2,17,19,20,25). The van der Waals surface area contributed by atoms with Crippen molar-refractivity contribution in [3.8, 4) is 0 Å². The Hall–Kier alpha value is -2.39. The molecular weight excluding hydrogens is 348 g/mol. The number of hydrogen-bond acceptors (Lipinski definition) is 5. The van der Waals surface area contributed by atoms with Crippen LogP contribution in [0.3, 0.4) is 0 Å². The number of rotatable bonds is 6. The van der Waals surface area contributed by atoms with Gasteiger partial charge in [0.25, 0.3) is 5.95 Å². The van der Waals surface area contributed by atoms with Gasteiger partial charge in [0, 0.05) is 29.4 Å². The summed E-state index contributed by atoms with van der Waals surface area (Å²) in [6.07, 6.45) is 3.11. The van der Waals surface area contributed by atoms with Gasteiger partial charge in [-0.15, -0.1) is 5.10 Å². The lowest BCUT2D eigenvalue weighted by Gasteiger charge is -2.42.